The summed E-state index contributed by atoms with van der Waals surface area (Å²) in [5.41, 5.74) is 9.15. The molecule has 4 N–H and O–H groups in total. The Kier molecular flexibility index (Phi) is 4.51. The van der Waals surface area contributed by atoms with Crippen LogP contribution in [0.3, 0.4) is 0 Å². The van der Waals surface area contributed by atoms with E-state index in [-0.39, 0.29) is 23.1 Å². The van der Waals surface area contributed by atoms with Gasteiger partial charge in [0.1, 0.15) is 11.4 Å². The number of thiophene rings is 1. The third-order valence-corrected chi connectivity index (χ3v) is 4.46. The van der Waals surface area contributed by atoms with Crippen LogP contribution in [0.2, 0.25) is 0 Å². The molecular formula is C16H12N8O3S. The van der Waals surface area contributed by atoms with Gasteiger partial charge < -0.3 is 10.8 Å². The quantitative estimate of drug-likeness (QED) is 0.338. The number of hydrogen-bond donors (Lipinski definition) is 3. The van der Waals surface area contributed by atoms with Crippen LogP contribution in [0.25, 0.3) is 16.4 Å². The van der Waals surface area contributed by atoms with Crippen molar-refractivity contribution in [2.75, 3.05) is 5.73 Å². The van der Waals surface area contributed by atoms with Crippen LogP contribution in [0.15, 0.2) is 51.5 Å². The number of nitrogens with zero attached hydrogens (tertiary/aromatic N) is 6. The number of nitrogens with one attached hydrogen (secondary N) is 1. The van der Waals surface area contributed by atoms with E-state index < -0.39 is 5.91 Å². The zero-order valence-electron chi connectivity index (χ0n) is 14.1. The summed E-state index contributed by atoms with van der Waals surface area (Å²) in [5, 5.41) is 30.3. The number of phenolic OH excluding ortho intramolecular Hbond substituents is 1. The van der Waals surface area contributed by atoms with Crippen molar-refractivity contribution in [2.45, 2.75) is 0 Å². The van der Waals surface area contributed by atoms with Crippen molar-refractivity contribution >= 4 is 29.3 Å². The molecule has 0 saturated heterocycles. The first-order chi connectivity index (χ1) is 13.6. The molecule has 0 unspecified atom stereocenters. The number of carbonyl (C=O) groups is 1. The Bertz CT molecular complexity index is 1150. The molecule has 0 atom stereocenters. The third-order valence-electron chi connectivity index (χ3n) is 3.59. The Morgan fingerprint density at radius 3 is 2.93 bits per heavy atom. The second-order valence-electron chi connectivity index (χ2n) is 5.44. The predicted molar refractivity (Wildman–Crippen MR) is 100 cm³/mol. The Labute approximate surface area is 161 Å². The Morgan fingerprint density at radius 1 is 1.32 bits per heavy atom. The highest BCUT2D eigenvalue weighted by Gasteiger charge is 2.25. The van der Waals surface area contributed by atoms with Crippen molar-refractivity contribution in [3.63, 3.8) is 0 Å². The molecule has 3 heterocycles. The van der Waals surface area contributed by atoms with Crippen molar-refractivity contribution in [1.29, 1.82) is 0 Å². The fourth-order valence-corrected chi connectivity index (χ4v) is 3.13. The number of rotatable bonds is 5. The second-order valence-corrected chi connectivity index (χ2v) is 6.39. The van der Waals surface area contributed by atoms with Gasteiger partial charge in [-0.05, 0) is 39.5 Å². The van der Waals surface area contributed by atoms with E-state index in [0.717, 1.165) is 4.88 Å². The van der Waals surface area contributed by atoms with Gasteiger partial charge in [-0.3, -0.25) is 4.79 Å². The summed E-state index contributed by atoms with van der Waals surface area (Å²) in [5.74, 6) is -0.354. The summed E-state index contributed by atoms with van der Waals surface area (Å²) in [6.07, 6.45) is 1.40. The van der Waals surface area contributed by atoms with Crippen molar-refractivity contribution in [3.8, 4) is 22.1 Å². The molecule has 4 aromatic rings. The van der Waals surface area contributed by atoms with Crippen molar-refractivity contribution < 1.29 is 14.5 Å². The highest BCUT2D eigenvalue weighted by atomic mass is 32.1. The smallest absolute Gasteiger partial charge is 0.294 e. The van der Waals surface area contributed by atoms with E-state index in [4.69, 9.17) is 5.73 Å². The van der Waals surface area contributed by atoms with E-state index in [1.165, 1.54) is 34.4 Å². The molecule has 4 rings (SSSR count). The topological polar surface area (TPSA) is 157 Å². The van der Waals surface area contributed by atoms with Gasteiger partial charge in [0.05, 0.1) is 11.1 Å². The van der Waals surface area contributed by atoms with Gasteiger partial charge in [-0.25, -0.2) is 10.1 Å². The minimum Gasteiger partial charge on any atom is -0.508 e. The average molecular weight is 396 g/mol. The van der Waals surface area contributed by atoms with Gasteiger partial charge in [-0.15, -0.1) is 16.4 Å². The molecule has 1 amide bonds. The van der Waals surface area contributed by atoms with Crippen molar-refractivity contribution in [2.24, 2.45) is 5.10 Å². The molecule has 0 spiro atoms. The van der Waals surface area contributed by atoms with E-state index in [1.807, 2.05) is 11.4 Å². The van der Waals surface area contributed by atoms with Crippen LogP contribution in [0, 0.1) is 0 Å². The lowest BCUT2D eigenvalue weighted by Gasteiger charge is -2.03. The number of hydrazone groups is 1. The SMILES string of the molecule is Nc1nonc1-n1nnc(C(=O)N/N=C\c2cccc(O)c2)c1-c1cccs1. The van der Waals surface area contributed by atoms with E-state index in [1.54, 1.807) is 18.2 Å². The normalized spacial score (nSPS) is 11.1. The molecule has 28 heavy (non-hydrogen) atoms. The molecular weight excluding hydrogens is 384 g/mol. The fraction of sp³-hybridized carbons (Fsp3) is 0. The molecule has 12 heteroatoms. The highest BCUT2D eigenvalue weighted by molar-refractivity contribution is 7.13. The van der Waals surface area contributed by atoms with Crippen molar-refractivity contribution in [1.82, 2.24) is 30.7 Å². The maximum absolute atomic E-state index is 12.6. The maximum atomic E-state index is 12.6. The number of anilines is 1. The van der Waals surface area contributed by atoms with Crippen LogP contribution < -0.4 is 11.2 Å². The molecule has 0 aliphatic heterocycles. The number of nitrogen functional groups attached to an aromatic ring is 1. The second kappa shape index (κ2) is 7.28. The number of aromatic hydroxyl groups is 1. The fourth-order valence-electron chi connectivity index (χ4n) is 2.38. The van der Waals surface area contributed by atoms with Gasteiger partial charge >= 0.3 is 0 Å². The maximum Gasteiger partial charge on any atom is 0.294 e. The molecule has 0 radical (unpaired) electrons. The molecule has 0 aliphatic rings. The highest BCUT2D eigenvalue weighted by Crippen LogP contribution is 2.29. The van der Waals surface area contributed by atoms with Crippen LogP contribution >= 0.6 is 11.3 Å². The lowest BCUT2D eigenvalue weighted by molar-refractivity contribution is 0.0951. The average Bonchev–Trinajstić information content (AvgIpc) is 3.41. The van der Waals surface area contributed by atoms with Gasteiger partial charge in [0.2, 0.25) is 11.6 Å². The zero-order valence-corrected chi connectivity index (χ0v) is 14.9. The van der Waals surface area contributed by atoms with E-state index in [9.17, 15) is 9.90 Å². The van der Waals surface area contributed by atoms with Gasteiger partial charge in [0.25, 0.3) is 5.91 Å². The molecule has 1 aromatic carbocycles. The van der Waals surface area contributed by atoms with E-state index in [2.05, 4.69) is 35.8 Å². The monoisotopic (exact) mass is 396 g/mol. The summed E-state index contributed by atoms with van der Waals surface area (Å²) in [7, 11) is 0. The number of aromatic nitrogens is 5. The first kappa shape index (κ1) is 17.4. The van der Waals surface area contributed by atoms with Gasteiger partial charge in [0.15, 0.2) is 5.69 Å². The number of benzene rings is 1. The summed E-state index contributed by atoms with van der Waals surface area (Å²) in [6, 6.07) is 10.0. The number of carbonyl (C=O) groups excluding carboxylic acids is 1. The van der Waals surface area contributed by atoms with Crippen LogP contribution in [-0.4, -0.2) is 42.5 Å². The first-order valence-corrected chi connectivity index (χ1v) is 8.72. The first-order valence-electron chi connectivity index (χ1n) is 7.84. The molecule has 11 nitrogen and oxygen atoms in total. The third kappa shape index (κ3) is 3.31. The number of nitrogens with two attached hydrogens (primary N) is 1. The summed E-state index contributed by atoms with van der Waals surface area (Å²) in [6.45, 7) is 0. The number of phenols is 1. The molecule has 0 aliphatic carbocycles. The van der Waals surface area contributed by atoms with Gasteiger partial charge in [0, 0.05) is 0 Å². The van der Waals surface area contributed by atoms with Crippen LogP contribution in [-0.2, 0) is 0 Å². The zero-order chi connectivity index (χ0) is 19.5. The largest absolute Gasteiger partial charge is 0.508 e. The Hall–Kier alpha value is -4.06. The minimum atomic E-state index is -0.582. The molecule has 0 fully saturated rings. The van der Waals surface area contributed by atoms with Gasteiger partial charge in [-0.1, -0.05) is 23.4 Å². The minimum absolute atomic E-state index is 0.0107. The molecule has 140 valence electrons. The summed E-state index contributed by atoms with van der Waals surface area (Å²) in [4.78, 5) is 13.3. The van der Waals surface area contributed by atoms with E-state index in [0.29, 0.717) is 11.3 Å². The molecule has 3 aromatic heterocycles. The van der Waals surface area contributed by atoms with E-state index >= 15 is 0 Å². The summed E-state index contributed by atoms with van der Waals surface area (Å²) < 4.78 is 5.89. The Balaban J connectivity index is 1.65. The van der Waals surface area contributed by atoms with Crippen molar-refractivity contribution in [3.05, 3.63) is 53.0 Å². The number of hydrogen-bond acceptors (Lipinski definition) is 10. The van der Waals surface area contributed by atoms with Crippen LogP contribution in [0.5, 0.6) is 5.75 Å². The lowest BCUT2D eigenvalue weighted by atomic mass is 10.2. The number of amides is 1. The Morgan fingerprint density at radius 2 is 2.21 bits per heavy atom. The van der Waals surface area contributed by atoms with Crippen LogP contribution in [0.1, 0.15) is 16.1 Å². The van der Waals surface area contributed by atoms with Gasteiger partial charge in [-0.2, -0.15) is 9.78 Å². The molecule has 0 bridgehead atoms. The van der Waals surface area contributed by atoms with Crippen LogP contribution in [0.4, 0.5) is 5.82 Å². The predicted octanol–water partition coefficient (Wildman–Crippen LogP) is 1.43. The lowest BCUT2D eigenvalue weighted by Crippen LogP contribution is -2.19. The standard InChI is InChI=1S/C16H12N8O3S/c17-14-15(22-27-21-14)24-13(11-5-2-6-28-11)12(19-23-24)16(26)20-18-8-9-3-1-4-10(25)7-9/h1-8,25H,(H2,17,21)(H,20,26)/b18-8-. The molecule has 0 saturated carbocycles. The summed E-state index contributed by atoms with van der Waals surface area (Å²) >= 11 is 1.39.